The van der Waals surface area contributed by atoms with Crippen LogP contribution >= 0.6 is 11.3 Å². The lowest BCUT2D eigenvalue weighted by Crippen LogP contribution is -2.26. The molecule has 0 saturated carbocycles. The van der Waals surface area contributed by atoms with E-state index in [9.17, 15) is 4.79 Å². The number of imidazole rings is 1. The third-order valence-electron chi connectivity index (χ3n) is 4.07. The third kappa shape index (κ3) is 2.92. The number of carbonyl (C=O) groups is 1. The Hall–Kier alpha value is -2.99. The highest BCUT2D eigenvalue weighted by atomic mass is 32.1. The maximum absolute atomic E-state index is 13.0. The van der Waals surface area contributed by atoms with Crippen LogP contribution in [0.3, 0.4) is 0 Å². The Morgan fingerprint density at radius 2 is 1.96 bits per heavy atom. The summed E-state index contributed by atoms with van der Waals surface area (Å²) in [6.07, 6.45) is 3.56. The number of hydrogen-bond donors (Lipinski definition) is 0. The molecule has 0 N–H and O–H groups in total. The SMILES string of the molecule is CN(Cc1cncs1)C(=O)c1ccccc1-n1cnc2ccccc21. The number of aromatic nitrogens is 3. The van der Waals surface area contributed by atoms with Gasteiger partial charge in [0.25, 0.3) is 5.91 Å². The van der Waals surface area contributed by atoms with E-state index >= 15 is 0 Å². The molecule has 0 aliphatic rings. The first-order valence-electron chi connectivity index (χ1n) is 7.88. The predicted molar refractivity (Wildman–Crippen MR) is 99.0 cm³/mol. The normalized spacial score (nSPS) is 10.9. The summed E-state index contributed by atoms with van der Waals surface area (Å²) in [5.74, 6) is -0.0261. The first-order valence-corrected chi connectivity index (χ1v) is 8.76. The summed E-state index contributed by atoms with van der Waals surface area (Å²) in [5, 5.41) is 0. The van der Waals surface area contributed by atoms with Gasteiger partial charge in [0.05, 0.1) is 34.3 Å². The van der Waals surface area contributed by atoms with Crippen molar-refractivity contribution >= 4 is 28.3 Å². The Labute approximate surface area is 149 Å². The Kier molecular flexibility index (Phi) is 4.03. The van der Waals surface area contributed by atoms with Gasteiger partial charge in [0.2, 0.25) is 0 Å². The lowest BCUT2D eigenvalue weighted by molar-refractivity contribution is 0.0786. The highest BCUT2D eigenvalue weighted by Crippen LogP contribution is 2.22. The first kappa shape index (κ1) is 15.5. The zero-order valence-corrected chi connectivity index (χ0v) is 14.5. The summed E-state index contributed by atoms with van der Waals surface area (Å²) in [6.45, 7) is 0.544. The van der Waals surface area contributed by atoms with Gasteiger partial charge in [-0.2, -0.15) is 0 Å². The van der Waals surface area contributed by atoms with E-state index in [1.807, 2.05) is 60.1 Å². The molecule has 4 aromatic rings. The molecule has 25 heavy (non-hydrogen) atoms. The molecule has 2 aromatic carbocycles. The van der Waals surface area contributed by atoms with Gasteiger partial charge >= 0.3 is 0 Å². The van der Waals surface area contributed by atoms with Crippen LogP contribution < -0.4 is 0 Å². The summed E-state index contributed by atoms with van der Waals surface area (Å²) in [5.41, 5.74) is 5.14. The fourth-order valence-corrected chi connectivity index (χ4v) is 3.49. The van der Waals surface area contributed by atoms with Crippen LogP contribution in [0.1, 0.15) is 15.2 Å². The molecule has 0 aliphatic heterocycles. The van der Waals surface area contributed by atoms with Crippen LogP contribution in [0.25, 0.3) is 16.7 Å². The van der Waals surface area contributed by atoms with Crippen LogP contribution in [0.5, 0.6) is 0 Å². The molecule has 0 fully saturated rings. The maximum atomic E-state index is 13.0. The number of hydrogen-bond acceptors (Lipinski definition) is 4. The van der Waals surface area contributed by atoms with E-state index in [2.05, 4.69) is 9.97 Å². The van der Waals surface area contributed by atoms with Crippen LogP contribution in [-0.4, -0.2) is 32.4 Å². The van der Waals surface area contributed by atoms with Gasteiger partial charge in [-0.25, -0.2) is 4.98 Å². The van der Waals surface area contributed by atoms with E-state index in [0.717, 1.165) is 21.6 Å². The second-order valence-electron chi connectivity index (χ2n) is 5.75. The fourth-order valence-electron chi connectivity index (χ4n) is 2.85. The van der Waals surface area contributed by atoms with Crippen molar-refractivity contribution in [3.8, 4) is 5.69 Å². The lowest BCUT2D eigenvalue weighted by Gasteiger charge is -2.18. The fraction of sp³-hybridized carbons (Fsp3) is 0.105. The zero-order chi connectivity index (χ0) is 17.2. The van der Waals surface area contributed by atoms with Gasteiger partial charge in [-0.3, -0.25) is 14.3 Å². The number of para-hydroxylation sites is 3. The van der Waals surface area contributed by atoms with Crippen molar-refractivity contribution in [2.45, 2.75) is 6.54 Å². The number of benzene rings is 2. The Bertz CT molecular complexity index is 1020. The van der Waals surface area contributed by atoms with Crippen molar-refractivity contribution in [2.75, 3.05) is 7.05 Å². The van der Waals surface area contributed by atoms with Crippen LogP contribution in [0.2, 0.25) is 0 Å². The number of rotatable bonds is 4. The van der Waals surface area contributed by atoms with Crippen LogP contribution in [-0.2, 0) is 6.54 Å². The van der Waals surface area contributed by atoms with Gasteiger partial charge in [0.1, 0.15) is 6.33 Å². The molecule has 0 radical (unpaired) electrons. The highest BCUT2D eigenvalue weighted by molar-refractivity contribution is 7.09. The average molecular weight is 348 g/mol. The summed E-state index contributed by atoms with van der Waals surface area (Å²) >= 11 is 1.55. The van der Waals surface area contributed by atoms with Crippen molar-refractivity contribution in [3.63, 3.8) is 0 Å². The smallest absolute Gasteiger partial charge is 0.256 e. The van der Waals surface area contributed by atoms with Gasteiger partial charge in [-0.15, -0.1) is 11.3 Å². The zero-order valence-electron chi connectivity index (χ0n) is 13.7. The minimum atomic E-state index is -0.0261. The van der Waals surface area contributed by atoms with E-state index < -0.39 is 0 Å². The molecule has 4 rings (SSSR count). The molecule has 0 unspecified atom stereocenters. The molecule has 0 saturated heterocycles. The molecule has 2 heterocycles. The largest absolute Gasteiger partial charge is 0.336 e. The van der Waals surface area contributed by atoms with Gasteiger partial charge < -0.3 is 4.90 Å². The average Bonchev–Trinajstić information content (AvgIpc) is 3.30. The second kappa shape index (κ2) is 6.49. The van der Waals surface area contributed by atoms with Crippen LogP contribution in [0, 0.1) is 0 Å². The van der Waals surface area contributed by atoms with Gasteiger partial charge in [0.15, 0.2) is 0 Å². The number of amides is 1. The minimum Gasteiger partial charge on any atom is -0.336 e. The number of carbonyl (C=O) groups excluding carboxylic acids is 1. The molecule has 1 amide bonds. The molecule has 0 bridgehead atoms. The topological polar surface area (TPSA) is 51.0 Å². The summed E-state index contributed by atoms with van der Waals surface area (Å²) in [4.78, 5) is 24.3. The predicted octanol–water partition coefficient (Wildman–Crippen LogP) is 3.75. The third-order valence-corrected chi connectivity index (χ3v) is 4.84. The number of fused-ring (bicyclic) bond motifs is 1. The first-order chi connectivity index (χ1) is 12.2. The van der Waals surface area contributed by atoms with Crippen molar-refractivity contribution < 1.29 is 4.79 Å². The molecule has 6 heteroatoms. The van der Waals surface area contributed by atoms with Gasteiger partial charge in [-0.05, 0) is 24.3 Å². The van der Waals surface area contributed by atoms with E-state index in [0.29, 0.717) is 12.1 Å². The molecule has 2 aromatic heterocycles. The van der Waals surface area contributed by atoms with Gasteiger partial charge in [-0.1, -0.05) is 24.3 Å². The summed E-state index contributed by atoms with van der Waals surface area (Å²) < 4.78 is 1.96. The Balaban J connectivity index is 1.73. The number of nitrogens with zero attached hydrogens (tertiary/aromatic N) is 4. The highest BCUT2D eigenvalue weighted by Gasteiger charge is 2.18. The minimum absolute atomic E-state index is 0.0261. The quantitative estimate of drug-likeness (QED) is 0.564. The lowest BCUT2D eigenvalue weighted by atomic mass is 10.1. The Morgan fingerprint density at radius 1 is 1.16 bits per heavy atom. The van der Waals surface area contributed by atoms with Crippen molar-refractivity contribution in [1.29, 1.82) is 0 Å². The summed E-state index contributed by atoms with van der Waals surface area (Å²) in [6, 6.07) is 15.5. The van der Waals surface area contributed by atoms with Crippen LogP contribution in [0.4, 0.5) is 0 Å². The molecule has 0 aliphatic carbocycles. The molecule has 5 nitrogen and oxygen atoms in total. The van der Waals surface area contributed by atoms with E-state index in [1.54, 1.807) is 34.3 Å². The maximum Gasteiger partial charge on any atom is 0.256 e. The van der Waals surface area contributed by atoms with Crippen molar-refractivity contribution in [3.05, 3.63) is 77.0 Å². The summed E-state index contributed by atoms with van der Waals surface area (Å²) in [7, 11) is 1.81. The van der Waals surface area contributed by atoms with Crippen LogP contribution in [0.15, 0.2) is 66.6 Å². The molecule has 0 atom stereocenters. The Morgan fingerprint density at radius 3 is 2.80 bits per heavy atom. The van der Waals surface area contributed by atoms with E-state index in [-0.39, 0.29) is 5.91 Å². The number of thiazole rings is 1. The molecular formula is C19H16N4OS. The van der Waals surface area contributed by atoms with E-state index in [4.69, 9.17) is 0 Å². The molecular weight excluding hydrogens is 332 g/mol. The standard InChI is InChI=1S/C19H16N4OS/c1-22(11-14-10-20-13-25-14)19(24)15-6-2-4-8-17(15)23-12-21-16-7-3-5-9-18(16)23/h2-10,12-13H,11H2,1H3. The van der Waals surface area contributed by atoms with Crippen molar-refractivity contribution in [2.24, 2.45) is 0 Å². The molecule has 124 valence electrons. The monoisotopic (exact) mass is 348 g/mol. The van der Waals surface area contributed by atoms with Crippen molar-refractivity contribution in [1.82, 2.24) is 19.4 Å². The van der Waals surface area contributed by atoms with E-state index in [1.165, 1.54) is 0 Å². The van der Waals surface area contributed by atoms with Gasteiger partial charge in [0, 0.05) is 18.1 Å². The second-order valence-corrected chi connectivity index (χ2v) is 6.72. The molecule has 0 spiro atoms.